The summed E-state index contributed by atoms with van der Waals surface area (Å²) in [6.07, 6.45) is 6.35. The number of carbonyl (C=O) groups excluding carboxylic acids is 3. The van der Waals surface area contributed by atoms with Crippen molar-refractivity contribution in [3.63, 3.8) is 0 Å². The second-order valence-electron chi connectivity index (χ2n) is 8.52. The van der Waals surface area contributed by atoms with Crippen LogP contribution in [0.1, 0.15) is 54.8 Å². The first-order valence-corrected chi connectivity index (χ1v) is 10.9. The Labute approximate surface area is 185 Å². The highest BCUT2D eigenvalue weighted by molar-refractivity contribution is 6.00. The number of pyridine rings is 1. The number of likely N-dealkylation sites (tertiary alicyclic amines) is 1. The molecule has 10 nitrogen and oxygen atoms in total. The summed E-state index contributed by atoms with van der Waals surface area (Å²) in [6, 6.07) is 3.73. The average Bonchev–Trinajstić information content (AvgIpc) is 3.53. The largest absolute Gasteiger partial charge is 0.360 e. The summed E-state index contributed by atoms with van der Waals surface area (Å²) < 4.78 is 5.28. The lowest BCUT2D eigenvalue weighted by Crippen LogP contribution is -2.53. The summed E-state index contributed by atoms with van der Waals surface area (Å²) in [5.74, 6) is -0.0216. The molecule has 2 aromatic rings. The molecule has 0 spiro atoms. The van der Waals surface area contributed by atoms with Crippen LogP contribution in [0.25, 0.3) is 0 Å². The van der Waals surface area contributed by atoms with Gasteiger partial charge in [-0.1, -0.05) is 5.16 Å². The van der Waals surface area contributed by atoms with Crippen molar-refractivity contribution in [2.24, 2.45) is 11.7 Å². The minimum absolute atomic E-state index is 0.112. The Hall–Kier alpha value is -3.27. The fourth-order valence-corrected chi connectivity index (χ4v) is 3.97. The molecule has 0 aromatic carbocycles. The van der Waals surface area contributed by atoms with E-state index in [1.165, 1.54) is 0 Å². The van der Waals surface area contributed by atoms with Crippen molar-refractivity contribution < 1.29 is 18.9 Å². The molecule has 1 saturated carbocycles. The maximum Gasteiger partial charge on any atom is 0.274 e. The molecule has 0 radical (unpaired) electrons. The molecule has 1 saturated heterocycles. The van der Waals surface area contributed by atoms with E-state index in [2.05, 4.69) is 20.8 Å². The number of hydrogen-bond donors (Lipinski definition) is 3. The maximum atomic E-state index is 13.1. The molecule has 0 bridgehead atoms. The van der Waals surface area contributed by atoms with E-state index in [4.69, 9.17) is 10.3 Å². The van der Waals surface area contributed by atoms with Crippen molar-refractivity contribution >= 4 is 23.4 Å². The van der Waals surface area contributed by atoms with Gasteiger partial charge in [0.2, 0.25) is 11.8 Å². The SMILES string of the molecule is C[C@H](N)C(=O)N1CCC(C(NC(=O)c2cc(C3CC3)on2)C(=O)Nc2cccnc2)CC1. The van der Waals surface area contributed by atoms with Gasteiger partial charge in [0.05, 0.1) is 17.9 Å². The highest BCUT2D eigenvalue weighted by Crippen LogP contribution is 2.40. The van der Waals surface area contributed by atoms with Crippen LogP contribution >= 0.6 is 0 Å². The number of piperidine rings is 1. The molecule has 2 atom stereocenters. The Bertz CT molecular complexity index is 964. The first kappa shape index (κ1) is 21.9. The number of nitrogens with one attached hydrogen (secondary N) is 2. The van der Waals surface area contributed by atoms with Crippen LogP contribution in [0.2, 0.25) is 0 Å². The van der Waals surface area contributed by atoms with Crippen LogP contribution in [0.5, 0.6) is 0 Å². The summed E-state index contributed by atoms with van der Waals surface area (Å²) in [5, 5.41) is 9.54. The fraction of sp³-hybridized carbons (Fsp3) is 0.500. The van der Waals surface area contributed by atoms with E-state index in [0.717, 1.165) is 12.8 Å². The molecule has 2 aliphatic rings. The van der Waals surface area contributed by atoms with E-state index < -0.39 is 18.0 Å². The van der Waals surface area contributed by atoms with Gasteiger partial charge >= 0.3 is 0 Å². The van der Waals surface area contributed by atoms with Gasteiger partial charge in [-0.3, -0.25) is 19.4 Å². The Morgan fingerprint density at radius 3 is 2.59 bits per heavy atom. The molecule has 1 aliphatic heterocycles. The van der Waals surface area contributed by atoms with Crippen LogP contribution < -0.4 is 16.4 Å². The van der Waals surface area contributed by atoms with Crippen molar-refractivity contribution in [1.29, 1.82) is 0 Å². The zero-order valence-electron chi connectivity index (χ0n) is 18.0. The zero-order valence-corrected chi connectivity index (χ0v) is 18.0. The van der Waals surface area contributed by atoms with Crippen molar-refractivity contribution in [2.75, 3.05) is 18.4 Å². The minimum atomic E-state index is -0.795. The monoisotopic (exact) mass is 440 g/mol. The molecule has 2 aromatic heterocycles. The lowest BCUT2D eigenvalue weighted by atomic mass is 9.88. The predicted octanol–water partition coefficient (Wildman–Crippen LogP) is 1.27. The molecule has 10 heteroatoms. The van der Waals surface area contributed by atoms with E-state index in [9.17, 15) is 14.4 Å². The summed E-state index contributed by atoms with van der Waals surface area (Å²) in [4.78, 5) is 43.9. The highest BCUT2D eigenvalue weighted by atomic mass is 16.5. The standard InChI is InChI=1S/C22H28N6O4/c1-13(23)22(31)28-9-6-15(7-10-28)19(21(30)25-16-3-2-8-24-12-16)26-20(29)17-11-18(32-27-17)14-4-5-14/h2-3,8,11-15,19H,4-7,9-10,23H2,1H3,(H,25,30)(H,26,29)/t13-,19?/m0/s1. The van der Waals surface area contributed by atoms with Gasteiger partial charge in [-0.15, -0.1) is 0 Å². The van der Waals surface area contributed by atoms with E-state index in [1.807, 2.05) is 0 Å². The molecule has 4 rings (SSSR count). The summed E-state index contributed by atoms with van der Waals surface area (Å²) >= 11 is 0. The van der Waals surface area contributed by atoms with Gasteiger partial charge in [0, 0.05) is 31.3 Å². The molecule has 3 heterocycles. The molecule has 32 heavy (non-hydrogen) atoms. The summed E-state index contributed by atoms with van der Waals surface area (Å²) in [7, 11) is 0. The van der Waals surface area contributed by atoms with Crippen LogP contribution in [0.3, 0.4) is 0 Å². The van der Waals surface area contributed by atoms with Crippen LogP contribution in [0, 0.1) is 5.92 Å². The van der Waals surface area contributed by atoms with Crippen molar-refractivity contribution in [1.82, 2.24) is 20.4 Å². The number of aromatic nitrogens is 2. The van der Waals surface area contributed by atoms with Gasteiger partial charge in [-0.25, -0.2) is 0 Å². The molecule has 1 aliphatic carbocycles. The molecule has 170 valence electrons. The molecular formula is C22H28N6O4. The third-order valence-corrected chi connectivity index (χ3v) is 5.95. The number of nitrogens with two attached hydrogens (primary N) is 1. The van der Waals surface area contributed by atoms with Crippen LogP contribution in [-0.2, 0) is 9.59 Å². The predicted molar refractivity (Wildman–Crippen MR) is 116 cm³/mol. The van der Waals surface area contributed by atoms with Gasteiger partial charge in [0.15, 0.2) is 5.69 Å². The number of amides is 3. The maximum absolute atomic E-state index is 13.1. The summed E-state index contributed by atoms with van der Waals surface area (Å²) in [6.45, 7) is 2.62. The van der Waals surface area contributed by atoms with E-state index in [0.29, 0.717) is 43.3 Å². The zero-order chi connectivity index (χ0) is 22.7. The molecule has 4 N–H and O–H groups in total. The van der Waals surface area contributed by atoms with E-state index in [1.54, 1.807) is 42.4 Å². The Morgan fingerprint density at radius 1 is 1.22 bits per heavy atom. The lowest BCUT2D eigenvalue weighted by Gasteiger charge is -2.36. The van der Waals surface area contributed by atoms with Crippen LogP contribution in [-0.4, -0.2) is 57.9 Å². The second-order valence-corrected chi connectivity index (χ2v) is 8.52. The topological polar surface area (TPSA) is 143 Å². The molecule has 3 amide bonds. The first-order chi connectivity index (χ1) is 15.4. The van der Waals surface area contributed by atoms with E-state index >= 15 is 0 Å². The van der Waals surface area contributed by atoms with Gasteiger partial charge in [0.1, 0.15) is 11.8 Å². The first-order valence-electron chi connectivity index (χ1n) is 10.9. The second kappa shape index (κ2) is 9.47. The third-order valence-electron chi connectivity index (χ3n) is 5.95. The van der Waals surface area contributed by atoms with Crippen molar-refractivity contribution in [3.8, 4) is 0 Å². The number of carbonyl (C=O) groups is 3. The Kier molecular flexibility index (Phi) is 6.50. The fourth-order valence-electron chi connectivity index (χ4n) is 3.97. The van der Waals surface area contributed by atoms with Crippen molar-refractivity contribution in [2.45, 2.75) is 50.6 Å². The van der Waals surface area contributed by atoms with Crippen LogP contribution in [0.15, 0.2) is 35.1 Å². The Morgan fingerprint density at radius 2 is 1.97 bits per heavy atom. The Balaban J connectivity index is 1.46. The van der Waals surface area contributed by atoms with Gasteiger partial charge in [-0.05, 0) is 50.7 Å². The number of rotatable bonds is 7. The van der Waals surface area contributed by atoms with Gasteiger partial charge in [-0.2, -0.15) is 0 Å². The van der Waals surface area contributed by atoms with Crippen LogP contribution in [0.4, 0.5) is 5.69 Å². The number of anilines is 1. The van der Waals surface area contributed by atoms with E-state index in [-0.39, 0.29) is 23.4 Å². The third kappa shape index (κ3) is 5.13. The number of hydrogen-bond acceptors (Lipinski definition) is 7. The smallest absolute Gasteiger partial charge is 0.274 e. The molecule has 2 fully saturated rings. The molecular weight excluding hydrogens is 412 g/mol. The molecule has 1 unspecified atom stereocenters. The normalized spacial score (nSPS) is 18.6. The summed E-state index contributed by atoms with van der Waals surface area (Å²) in [5.41, 5.74) is 6.42. The number of nitrogens with zero attached hydrogens (tertiary/aromatic N) is 3. The van der Waals surface area contributed by atoms with Crippen molar-refractivity contribution in [3.05, 3.63) is 42.0 Å². The quantitative estimate of drug-likeness (QED) is 0.588. The minimum Gasteiger partial charge on any atom is -0.360 e. The lowest BCUT2D eigenvalue weighted by molar-refractivity contribution is -0.133. The van der Waals surface area contributed by atoms with Gasteiger partial charge < -0.3 is 25.8 Å². The van der Waals surface area contributed by atoms with Gasteiger partial charge in [0.25, 0.3) is 5.91 Å². The highest BCUT2D eigenvalue weighted by Gasteiger charge is 2.35. The average molecular weight is 441 g/mol.